The van der Waals surface area contributed by atoms with E-state index in [0.29, 0.717) is 27.3 Å². The number of carbonyl (C=O) groups excluding carboxylic acids is 2. The minimum Gasteiger partial charge on any atom is -0.347 e. The van der Waals surface area contributed by atoms with E-state index < -0.39 is 0 Å². The summed E-state index contributed by atoms with van der Waals surface area (Å²) in [6, 6.07) is 5.27. The lowest BCUT2D eigenvalue weighted by atomic mass is 10.1. The van der Waals surface area contributed by atoms with Crippen molar-refractivity contribution in [1.82, 2.24) is 24.9 Å². The molecule has 1 aromatic carbocycles. The highest BCUT2D eigenvalue weighted by atomic mass is 35.5. The van der Waals surface area contributed by atoms with Crippen LogP contribution in [0.15, 0.2) is 23.4 Å². The average Bonchev–Trinajstić information content (AvgIpc) is 3.10. The number of aromatic nitrogens is 4. The summed E-state index contributed by atoms with van der Waals surface area (Å²) in [6.45, 7) is 5.38. The number of halogens is 1. The van der Waals surface area contributed by atoms with Crippen LogP contribution in [-0.2, 0) is 16.0 Å². The third-order valence-electron chi connectivity index (χ3n) is 4.54. The number of benzene rings is 1. The molecule has 0 saturated carbocycles. The molecule has 2 aromatic heterocycles. The molecular weight excluding hydrogens is 412 g/mol. The normalized spacial score (nSPS) is 10.9. The zero-order valence-corrected chi connectivity index (χ0v) is 18.1. The maximum absolute atomic E-state index is 12.4. The number of hydrogen-bond donors (Lipinski definition) is 2. The van der Waals surface area contributed by atoms with Gasteiger partial charge in [0.15, 0.2) is 0 Å². The van der Waals surface area contributed by atoms with Gasteiger partial charge in [-0.1, -0.05) is 29.4 Å². The second-order valence-electron chi connectivity index (χ2n) is 6.49. The van der Waals surface area contributed by atoms with E-state index in [9.17, 15) is 9.59 Å². The van der Waals surface area contributed by atoms with Gasteiger partial charge in [0.05, 0.1) is 13.0 Å². The van der Waals surface area contributed by atoms with Crippen molar-refractivity contribution in [2.24, 2.45) is 0 Å². The van der Waals surface area contributed by atoms with Crippen LogP contribution >= 0.6 is 23.4 Å². The molecule has 3 rings (SSSR count). The molecule has 2 amide bonds. The summed E-state index contributed by atoms with van der Waals surface area (Å²) in [5.74, 6) is -0.100. The van der Waals surface area contributed by atoms with Crippen molar-refractivity contribution >= 4 is 46.6 Å². The summed E-state index contributed by atoms with van der Waals surface area (Å²) in [5.41, 5.74) is 3.67. The first-order valence-electron chi connectivity index (χ1n) is 8.88. The molecule has 0 aliphatic heterocycles. The molecule has 0 radical (unpaired) electrons. The molecule has 0 bridgehead atoms. The van der Waals surface area contributed by atoms with E-state index >= 15 is 0 Å². The Labute approximate surface area is 177 Å². The van der Waals surface area contributed by atoms with E-state index in [2.05, 4.69) is 25.7 Å². The lowest BCUT2D eigenvalue weighted by Crippen LogP contribution is -2.34. The summed E-state index contributed by atoms with van der Waals surface area (Å²) >= 11 is 7.48. The van der Waals surface area contributed by atoms with Gasteiger partial charge in [-0.15, -0.1) is 5.10 Å². The largest absolute Gasteiger partial charge is 0.347 e. The molecule has 0 atom stereocenters. The number of fused-ring (bicyclic) bond motifs is 1. The topological polar surface area (TPSA) is 101 Å². The minimum atomic E-state index is -0.327. The van der Waals surface area contributed by atoms with Gasteiger partial charge in [0.25, 0.3) is 5.78 Å². The summed E-state index contributed by atoms with van der Waals surface area (Å²) in [7, 11) is 0. The number of thioether (sulfide) groups is 1. The first-order chi connectivity index (χ1) is 13.8. The molecule has 2 heterocycles. The van der Waals surface area contributed by atoms with Crippen LogP contribution in [0.2, 0.25) is 5.02 Å². The van der Waals surface area contributed by atoms with Gasteiger partial charge < -0.3 is 10.6 Å². The summed E-state index contributed by atoms with van der Waals surface area (Å²) in [4.78, 5) is 33.3. The fourth-order valence-corrected chi connectivity index (χ4v) is 3.38. The monoisotopic (exact) mass is 432 g/mol. The quantitative estimate of drug-likeness (QED) is 0.581. The Bertz CT molecular complexity index is 1100. The van der Waals surface area contributed by atoms with Crippen LogP contribution in [0.25, 0.3) is 5.78 Å². The second kappa shape index (κ2) is 8.79. The van der Waals surface area contributed by atoms with Crippen molar-refractivity contribution in [2.75, 3.05) is 18.1 Å². The molecule has 29 heavy (non-hydrogen) atoms. The van der Waals surface area contributed by atoms with Crippen molar-refractivity contribution in [3.05, 3.63) is 45.7 Å². The van der Waals surface area contributed by atoms with Gasteiger partial charge in [-0.05, 0) is 44.7 Å². The van der Waals surface area contributed by atoms with Crippen molar-refractivity contribution in [2.45, 2.75) is 32.3 Å². The van der Waals surface area contributed by atoms with E-state index in [4.69, 9.17) is 11.6 Å². The molecule has 0 aliphatic carbocycles. The average molecular weight is 433 g/mol. The molecular formula is C19H21ClN6O2S. The number of aryl methyl sites for hydroxylation is 2. The zero-order valence-electron chi connectivity index (χ0n) is 16.5. The zero-order chi connectivity index (χ0) is 21.1. The molecule has 0 aliphatic rings. The number of nitrogens with one attached hydrogen (secondary N) is 2. The minimum absolute atomic E-state index is 0.0958. The lowest BCUT2D eigenvalue weighted by molar-refractivity contribution is -0.123. The van der Waals surface area contributed by atoms with Crippen molar-refractivity contribution in [3.8, 4) is 0 Å². The van der Waals surface area contributed by atoms with Crippen molar-refractivity contribution in [3.63, 3.8) is 0 Å². The summed E-state index contributed by atoms with van der Waals surface area (Å²) < 4.78 is 1.63. The Morgan fingerprint density at radius 1 is 1.17 bits per heavy atom. The number of hydrogen-bond acceptors (Lipinski definition) is 6. The van der Waals surface area contributed by atoms with E-state index in [0.717, 1.165) is 16.8 Å². The number of anilines is 1. The van der Waals surface area contributed by atoms with E-state index in [1.54, 1.807) is 22.7 Å². The molecule has 0 spiro atoms. The van der Waals surface area contributed by atoms with Gasteiger partial charge in [-0.25, -0.2) is 9.50 Å². The van der Waals surface area contributed by atoms with E-state index in [1.165, 1.54) is 11.8 Å². The molecule has 2 N–H and O–H groups in total. The summed E-state index contributed by atoms with van der Waals surface area (Å²) in [6.07, 6.45) is 1.99. The van der Waals surface area contributed by atoms with Gasteiger partial charge in [0.1, 0.15) is 0 Å². The molecule has 8 nitrogen and oxygen atoms in total. The fourth-order valence-electron chi connectivity index (χ4n) is 2.87. The molecule has 152 valence electrons. The standard InChI is InChI=1S/C19H21ClN6O2S/c1-10-14(20)6-5-7-15(10)23-17(28)9-21-16(27)8-13-11(2)22-18-24-19(29-4)25-26(18)12(13)3/h5-7H,8-9H2,1-4H3,(H,21,27)(H,23,28). The van der Waals surface area contributed by atoms with Crippen LogP contribution in [0.3, 0.4) is 0 Å². The smallest absolute Gasteiger partial charge is 0.253 e. The van der Waals surface area contributed by atoms with Crippen LogP contribution in [0, 0.1) is 20.8 Å². The Morgan fingerprint density at radius 3 is 2.66 bits per heavy atom. The van der Waals surface area contributed by atoms with Crippen LogP contribution in [0.4, 0.5) is 5.69 Å². The second-order valence-corrected chi connectivity index (χ2v) is 7.67. The Balaban J connectivity index is 1.65. The number of amides is 2. The van der Waals surface area contributed by atoms with Crippen LogP contribution in [-0.4, -0.2) is 44.2 Å². The molecule has 0 saturated heterocycles. The van der Waals surface area contributed by atoms with Gasteiger partial charge in [0, 0.05) is 27.7 Å². The first kappa shape index (κ1) is 21.1. The van der Waals surface area contributed by atoms with Gasteiger partial charge >= 0.3 is 0 Å². The third kappa shape index (κ3) is 4.68. The Kier molecular flexibility index (Phi) is 6.39. The van der Waals surface area contributed by atoms with E-state index in [1.807, 2.05) is 27.0 Å². The van der Waals surface area contributed by atoms with Gasteiger partial charge in [-0.3, -0.25) is 9.59 Å². The highest BCUT2D eigenvalue weighted by Gasteiger charge is 2.16. The third-order valence-corrected chi connectivity index (χ3v) is 5.48. The Morgan fingerprint density at radius 2 is 1.93 bits per heavy atom. The number of nitrogens with zero attached hydrogens (tertiary/aromatic N) is 4. The Hall–Kier alpha value is -2.65. The van der Waals surface area contributed by atoms with Gasteiger partial charge in [0.2, 0.25) is 17.0 Å². The predicted octanol–water partition coefficient (Wildman–Crippen LogP) is 2.72. The number of rotatable bonds is 6. The maximum Gasteiger partial charge on any atom is 0.253 e. The molecule has 10 heteroatoms. The first-order valence-corrected chi connectivity index (χ1v) is 10.5. The maximum atomic E-state index is 12.4. The van der Waals surface area contributed by atoms with Crippen LogP contribution < -0.4 is 10.6 Å². The fraction of sp³-hybridized carbons (Fsp3) is 0.316. The predicted molar refractivity (Wildman–Crippen MR) is 114 cm³/mol. The lowest BCUT2D eigenvalue weighted by Gasteiger charge is -2.12. The van der Waals surface area contributed by atoms with E-state index in [-0.39, 0.29) is 24.8 Å². The van der Waals surface area contributed by atoms with Crippen molar-refractivity contribution in [1.29, 1.82) is 0 Å². The summed E-state index contributed by atoms with van der Waals surface area (Å²) in [5, 5.41) is 11.0. The SMILES string of the molecule is CSc1nc2nc(C)c(CC(=O)NCC(=O)Nc3cccc(Cl)c3C)c(C)n2n1. The molecule has 3 aromatic rings. The van der Waals surface area contributed by atoms with Crippen molar-refractivity contribution < 1.29 is 9.59 Å². The van der Waals surface area contributed by atoms with Gasteiger partial charge in [-0.2, -0.15) is 4.98 Å². The molecule has 0 fully saturated rings. The van der Waals surface area contributed by atoms with Crippen LogP contribution in [0.1, 0.15) is 22.5 Å². The number of carbonyl (C=O) groups is 2. The highest BCUT2D eigenvalue weighted by molar-refractivity contribution is 7.98. The molecule has 0 unspecified atom stereocenters. The van der Waals surface area contributed by atoms with Crippen LogP contribution in [0.5, 0.6) is 0 Å². The highest BCUT2D eigenvalue weighted by Crippen LogP contribution is 2.22.